The number of carbonyl (C=O) groups is 2. The van der Waals surface area contributed by atoms with Crippen LogP contribution in [0.15, 0.2) is 72.9 Å². The summed E-state index contributed by atoms with van der Waals surface area (Å²) >= 11 is 5.90. The van der Waals surface area contributed by atoms with Gasteiger partial charge >= 0.3 is 0 Å². The standard InChI is InChI=1S/C28H24ClFN2O2/c1-18(33)14-22-17-32-27(25-11-10-24(30)16-26(22)25)15-20-2-6-21(7-3-20)28(34)31-13-12-19-4-8-23(29)9-5-19/h2-11,16-17H,12-15H2,1H3,(H,31,34). The van der Waals surface area contributed by atoms with Crippen molar-refractivity contribution < 1.29 is 14.0 Å². The van der Waals surface area contributed by atoms with Crippen molar-refractivity contribution >= 4 is 34.1 Å². The normalized spacial score (nSPS) is 10.9. The number of aromatic nitrogens is 1. The minimum Gasteiger partial charge on any atom is -0.352 e. The Kier molecular flexibility index (Phi) is 7.33. The smallest absolute Gasteiger partial charge is 0.251 e. The molecular weight excluding hydrogens is 451 g/mol. The van der Waals surface area contributed by atoms with Crippen LogP contribution in [0, 0.1) is 5.82 Å². The maximum absolute atomic E-state index is 13.9. The highest BCUT2D eigenvalue weighted by atomic mass is 35.5. The summed E-state index contributed by atoms with van der Waals surface area (Å²) in [7, 11) is 0. The molecule has 6 heteroatoms. The van der Waals surface area contributed by atoms with Crippen molar-refractivity contribution in [3.05, 3.63) is 112 Å². The number of fused-ring (bicyclic) bond motifs is 1. The van der Waals surface area contributed by atoms with Crippen molar-refractivity contribution in [2.45, 2.75) is 26.2 Å². The molecular formula is C28H24ClFN2O2. The van der Waals surface area contributed by atoms with E-state index in [2.05, 4.69) is 10.3 Å². The number of carbonyl (C=O) groups excluding carboxylic acids is 2. The van der Waals surface area contributed by atoms with E-state index in [1.165, 1.54) is 19.1 Å². The zero-order valence-corrected chi connectivity index (χ0v) is 19.5. The summed E-state index contributed by atoms with van der Waals surface area (Å²) in [6.07, 6.45) is 3.12. The van der Waals surface area contributed by atoms with Gasteiger partial charge in [0.25, 0.3) is 5.91 Å². The van der Waals surface area contributed by atoms with Crippen LogP contribution in [0.3, 0.4) is 0 Å². The van der Waals surface area contributed by atoms with Gasteiger partial charge in [-0.3, -0.25) is 14.6 Å². The summed E-state index contributed by atoms with van der Waals surface area (Å²) < 4.78 is 13.9. The second-order valence-electron chi connectivity index (χ2n) is 8.30. The van der Waals surface area contributed by atoms with Gasteiger partial charge in [0.15, 0.2) is 0 Å². The predicted molar refractivity (Wildman–Crippen MR) is 133 cm³/mol. The van der Waals surface area contributed by atoms with Crippen molar-refractivity contribution in [1.82, 2.24) is 10.3 Å². The molecule has 0 spiro atoms. The number of hydrogen-bond donors (Lipinski definition) is 1. The molecule has 0 saturated heterocycles. The van der Waals surface area contributed by atoms with E-state index in [1.807, 2.05) is 36.4 Å². The first kappa shape index (κ1) is 23.6. The Labute approximate surface area is 202 Å². The Hall–Kier alpha value is -3.57. The molecule has 0 aliphatic heterocycles. The Morgan fingerprint density at radius 3 is 2.35 bits per heavy atom. The third-order valence-electron chi connectivity index (χ3n) is 5.65. The Balaban J connectivity index is 1.43. The summed E-state index contributed by atoms with van der Waals surface area (Å²) in [5.74, 6) is -0.476. The van der Waals surface area contributed by atoms with Gasteiger partial charge in [0.2, 0.25) is 0 Å². The average Bonchev–Trinajstić information content (AvgIpc) is 2.82. The Morgan fingerprint density at radius 1 is 0.941 bits per heavy atom. The van der Waals surface area contributed by atoms with Crippen molar-refractivity contribution in [3.63, 3.8) is 0 Å². The van der Waals surface area contributed by atoms with Crippen molar-refractivity contribution in [1.29, 1.82) is 0 Å². The van der Waals surface area contributed by atoms with Gasteiger partial charge in [-0.1, -0.05) is 35.9 Å². The van der Waals surface area contributed by atoms with Crippen LogP contribution in [0.1, 0.15) is 39.7 Å². The van der Waals surface area contributed by atoms with Crippen LogP contribution >= 0.6 is 11.6 Å². The summed E-state index contributed by atoms with van der Waals surface area (Å²) in [6.45, 7) is 2.04. The second-order valence-corrected chi connectivity index (χ2v) is 8.74. The maximum Gasteiger partial charge on any atom is 0.251 e. The number of pyridine rings is 1. The zero-order valence-electron chi connectivity index (χ0n) is 18.8. The van der Waals surface area contributed by atoms with Gasteiger partial charge in [0.1, 0.15) is 11.6 Å². The van der Waals surface area contributed by atoms with E-state index in [0.29, 0.717) is 28.9 Å². The molecule has 3 aromatic carbocycles. The molecule has 0 aliphatic rings. The summed E-state index contributed by atoms with van der Waals surface area (Å²) in [6, 6.07) is 19.5. The monoisotopic (exact) mass is 474 g/mol. The van der Waals surface area contributed by atoms with E-state index in [9.17, 15) is 14.0 Å². The number of ketones is 1. The Morgan fingerprint density at radius 2 is 1.65 bits per heavy atom. The lowest BCUT2D eigenvalue weighted by Crippen LogP contribution is -2.25. The molecule has 4 aromatic rings. The van der Waals surface area contributed by atoms with Crippen molar-refractivity contribution in [2.75, 3.05) is 6.54 Å². The molecule has 0 radical (unpaired) electrons. The first-order valence-electron chi connectivity index (χ1n) is 11.1. The molecule has 0 fully saturated rings. The van der Waals surface area contributed by atoms with Gasteiger partial charge in [-0.2, -0.15) is 0 Å². The average molecular weight is 475 g/mol. The largest absolute Gasteiger partial charge is 0.352 e. The summed E-state index contributed by atoms with van der Waals surface area (Å²) in [4.78, 5) is 28.6. The minimum absolute atomic E-state index is 0.00198. The number of benzene rings is 3. The Bertz CT molecular complexity index is 1340. The first-order chi connectivity index (χ1) is 16.4. The molecule has 1 N–H and O–H groups in total. The molecule has 4 nitrogen and oxygen atoms in total. The van der Waals surface area contributed by atoms with Crippen LogP contribution in [-0.4, -0.2) is 23.2 Å². The quantitative estimate of drug-likeness (QED) is 0.355. The summed E-state index contributed by atoms with van der Waals surface area (Å²) in [5, 5.41) is 5.15. The van der Waals surface area contributed by atoms with Gasteiger partial charge in [-0.25, -0.2) is 4.39 Å². The molecule has 172 valence electrons. The van der Waals surface area contributed by atoms with Crippen LogP contribution in [0.5, 0.6) is 0 Å². The molecule has 0 atom stereocenters. The highest BCUT2D eigenvalue weighted by molar-refractivity contribution is 6.30. The fraction of sp³-hybridized carbons (Fsp3) is 0.179. The molecule has 1 heterocycles. The lowest BCUT2D eigenvalue weighted by Gasteiger charge is -2.11. The van der Waals surface area contributed by atoms with Crippen LogP contribution in [0.4, 0.5) is 4.39 Å². The van der Waals surface area contributed by atoms with Crippen LogP contribution < -0.4 is 5.32 Å². The van der Waals surface area contributed by atoms with Crippen molar-refractivity contribution in [2.24, 2.45) is 0 Å². The topological polar surface area (TPSA) is 59.1 Å². The molecule has 1 amide bonds. The van der Waals surface area contributed by atoms with Gasteiger partial charge in [0.05, 0.1) is 5.69 Å². The number of halogens is 2. The second kappa shape index (κ2) is 10.6. The van der Waals surface area contributed by atoms with Crippen LogP contribution in [-0.2, 0) is 24.1 Å². The lowest BCUT2D eigenvalue weighted by molar-refractivity contribution is -0.116. The molecule has 0 unspecified atom stereocenters. The number of Topliss-reactive ketones (excluding diaryl/α,β-unsaturated/α-hetero) is 1. The van der Waals surface area contributed by atoms with Gasteiger partial charge in [-0.15, -0.1) is 0 Å². The maximum atomic E-state index is 13.9. The molecule has 1 aromatic heterocycles. The molecule has 4 rings (SSSR count). The van der Waals surface area contributed by atoms with Crippen LogP contribution in [0.2, 0.25) is 5.02 Å². The fourth-order valence-corrected chi connectivity index (χ4v) is 4.05. The zero-order chi connectivity index (χ0) is 24.1. The number of nitrogens with one attached hydrogen (secondary N) is 1. The highest BCUT2D eigenvalue weighted by Gasteiger charge is 2.12. The predicted octanol–water partition coefficient (Wildman–Crippen LogP) is 5.72. The fourth-order valence-electron chi connectivity index (χ4n) is 3.92. The molecule has 0 saturated carbocycles. The van der Waals surface area contributed by atoms with Crippen LogP contribution in [0.25, 0.3) is 10.8 Å². The highest BCUT2D eigenvalue weighted by Crippen LogP contribution is 2.25. The number of hydrogen-bond acceptors (Lipinski definition) is 3. The third-order valence-corrected chi connectivity index (χ3v) is 5.91. The van der Waals surface area contributed by atoms with E-state index >= 15 is 0 Å². The third kappa shape index (κ3) is 5.86. The number of amides is 1. The van der Waals surface area contributed by atoms with Gasteiger partial charge in [-0.05, 0) is 77.9 Å². The lowest BCUT2D eigenvalue weighted by atomic mass is 9.98. The van der Waals surface area contributed by atoms with E-state index in [4.69, 9.17) is 11.6 Å². The minimum atomic E-state index is -0.346. The van der Waals surface area contributed by atoms with Gasteiger partial charge in [0, 0.05) is 41.6 Å². The van der Waals surface area contributed by atoms with E-state index in [1.54, 1.807) is 24.4 Å². The van der Waals surface area contributed by atoms with Gasteiger partial charge < -0.3 is 5.32 Å². The van der Waals surface area contributed by atoms with E-state index < -0.39 is 0 Å². The number of nitrogens with zero attached hydrogens (tertiary/aromatic N) is 1. The first-order valence-corrected chi connectivity index (χ1v) is 11.4. The SMILES string of the molecule is CC(=O)Cc1cnc(Cc2ccc(C(=O)NCCc3ccc(Cl)cc3)cc2)c2ccc(F)cc12. The summed E-state index contributed by atoms with van der Waals surface area (Å²) in [5.41, 5.74) is 4.18. The van der Waals surface area contributed by atoms with E-state index in [-0.39, 0.29) is 23.9 Å². The number of rotatable bonds is 8. The molecule has 0 aliphatic carbocycles. The van der Waals surface area contributed by atoms with Crippen molar-refractivity contribution in [3.8, 4) is 0 Å². The van der Waals surface area contributed by atoms with E-state index in [0.717, 1.165) is 34.2 Å². The molecule has 34 heavy (non-hydrogen) atoms. The molecule has 0 bridgehead atoms.